The summed E-state index contributed by atoms with van der Waals surface area (Å²) in [5, 5.41) is 3.06. The van der Waals surface area contributed by atoms with Gasteiger partial charge in [-0.2, -0.15) is 0 Å². The molecule has 3 aromatic carbocycles. The Morgan fingerprint density at radius 3 is 2.55 bits per heavy atom. The van der Waals surface area contributed by atoms with E-state index in [1.165, 1.54) is 56.0 Å². The fourth-order valence-electron chi connectivity index (χ4n) is 5.42. The van der Waals surface area contributed by atoms with Gasteiger partial charge < -0.3 is 15.1 Å². The Hall–Kier alpha value is -3.42. The third kappa shape index (κ3) is 7.01. The molecule has 1 heterocycles. The number of halogens is 1. The van der Waals surface area contributed by atoms with E-state index in [2.05, 4.69) is 17.3 Å². The van der Waals surface area contributed by atoms with Crippen molar-refractivity contribution in [3.8, 4) is 0 Å². The van der Waals surface area contributed by atoms with Gasteiger partial charge in [0.2, 0.25) is 0 Å². The third-order valence-corrected chi connectivity index (χ3v) is 8.79. The fourth-order valence-corrected chi connectivity index (χ4v) is 6.46. The van der Waals surface area contributed by atoms with Gasteiger partial charge in [0.25, 0.3) is 11.8 Å². The predicted octanol–water partition coefficient (Wildman–Crippen LogP) is 6.89. The molecule has 7 heteroatoms. The molecule has 1 saturated carbocycles. The second kappa shape index (κ2) is 13.3. The molecule has 3 aromatic rings. The van der Waals surface area contributed by atoms with Crippen LogP contribution < -0.4 is 10.2 Å². The summed E-state index contributed by atoms with van der Waals surface area (Å²) in [5.74, 6) is -0.611. The zero-order valence-electron chi connectivity index (χ0n) is 22.9. The van der Waals surface area contributed by atoms with Gasteiger partial charge >= 0.3 is 0 Å². The van der Waals surface area contributed by atoms with Crippen molar-refractivity contribution in [2.24, 2.45) is 0 Å². The smallest absolute Gasteiger partial charge is 0.265 e. The van der Waals surface area contributed by atoms with Crippen LogP contribution in [-0.2, 0) is 11.3 Å². The standard InChI is InChI=1S/C33H36FN3O2S/c1-36(28-11-6-3-7-12-28)20-8-19-35-32(38)26-15-18-30-29(22-26)37(23-25-13-16-27(34)17-14-25)33(39)31(40-30)21-24-9-4-2-5-10-24/h2,4-5,9-10,13-18,21-22,28H,3,6-8,11-12,19-20,23H2,1H3,(H,35,38). The van der Waals surface area contributed by atoms with Gasteiger partial charge in [0.1, 0.15) is 5.82 Å². The maximum atomic E-state index is 13.7. The molecule has 2 aliphatic rings. The first-order valence-electron chi connectivity index (χ1n) is 14.1. The van der Waals surface area contributed by atoms with Gasteiger partial charge in [-0.1, -0.05) is 73.5 Å². The molecule has 2 amide bonds. The summed E-state index contributed by atoms with van der Waals surface area (Å²) in [6, 6.07) is 22.1. The summed E-state index contributed by atoms with van der Waals surface area (Å²) >= 11 is 1.41. The molecule has 0 spiro atoms. The molecule has 5 nitrogen and oxygen atoms in total. The molecule has 208 valence electrons. The highest BCUT2D eigenvalue weighted by Gasteiger charge is 2.30. The highest BCUT2D eigenvalue weighted by molar-refractivity contribution is 8.04. The summed E-state index contributed by atoms with van der Waals surface area (Å²) in [6.45, 7) is 1.84. The van der Waals surface area contributed by atoms with Crippen molar-refractivity contribution in [2.75, 3.05) is 25.0 Å². The van der Waals surface area contributed by atoms with E-state index < -0.39 is 0 Å². The first-order chi connectivity index (χ1) is 19.5. The Kier molecular flexibility index (Phi) is 9.34. The van der Waals surface area contributed by atoms with Crippen LogP contribution in [-0.4, -0.2) is 42.9 Å². The Morgan fingerprint density at radius 1 is 1.05 bits per heavy atom. The average Bonchev–Trinajstić information content (AvgIpc) is 2.99. The Balaban J connectivity index is 1.31. The number of nitrogens with zero attached hydrogens (tertiary/aromatic N) is 2. The van der Waals surface area contributed by atoms with Gasteiger partial charge in [0.05, 0.1) is 17.1 Å². The molecule has 1 fully saturated rings. The van der Waals surface area contributed by atoms with Gasteiger partial charge in [-0.05, 0) is 80.4 Å². The number of amides is 2. The van der Waals surface area contributed by atoms with E-state index in [-0.39, 0.29) is 24.2 Å². The zero-order chi connectivity index (χ0) is 27.9. The van der Waals surface area contributed by atoms with Crippen molar-refractivity contribution in [3.63, 3.8) is 0 Å². The number of carbonyl (C=O) groups is 2. The number of benzene rings is 3. The molecule has 0 atom stereocenters. The Bertz CT molecular complexity index is 1350. The molecular formula is C33H36FN3O2S. The minimum absolute atomic E-state index is 0.144. The van der Waals surface area contributed by atoms with Gasteiger partial charge in [0, 0.05) is 23.0 Å². The van der Waals surface area contributed by atoms with E-state index in [1.807, 2.05) is 48.5 Å². The van der Waals surface area contributed by atoms with Gasteiger partial charge in [-0.15, -0.1) is 0 Å². The van der Waals surface area contributed by atoms with E-state index in [1.54, 1.807) is 23.1 Å². The minimum atomic E-state index is -0.321. The topological polar surface area (TPSA) is 52.7 Å². The van der Waals surface area contributed by atoms with Crippen molar-refractivity contribution in [1.29, 1.82) is 0 Å². The second-order valence-corrected chi connectivity index (χ2v) is 11.7. The molecule has 0 unspecified atom stereocenters. The Labute approximate surface area is 240 Å². The summed E-state index contributed by atoms with van der Waals surface area (Å²) in [5.41, 5.74) is 2.96. The molecular weight excluding hydrogens is 521 g/mol. The molecule has 5 rings (SSSR count). The van der Waals surface area contributed by atoms with Crippen LogP contribution in [0.25, 0.3) is 6.08 Å². The second-order valence-electron chi connectivity index (χ2n) is 10.6. The van der Waals surface area contributed by atoms with Crippen LogP contribution in [0.2, 0.25) is 0 Å². The summed E-state index contributed by atoms with van der Waals surface area (Å²) in [7, 11) is 2.19. The summed E-state index contributed by atoms with van der Waals surface area (Å²) in [4.78, 5) is 32.4. The summed E-state index contributed by atoms with van der Waals surface area (Å²) in [6.07, 6.45) is 9.29. The van der Waals surface area contributed by atoms with Crippen LogP contribution in [0.15, 0.2) is 82.6 Å². The maximum absolute atomic E-state index is 13.7. The molecule has 40 heavy (non-hydrogen) atoms. The maximum Gasteiger partial charge on any atom is 0.265 e. The summed E-state index contributed by atoms with van der Waals surface area (Å²) < 4.78 is 13.6. The first kappa shape index (κ1) is 28.1. The molecule has 0 aromatic heterocycles. The number of rotatable bonds is 9. The highest BCUT2D eigenvalue weighted by atomic mass is 32.2. The SMILES string of the molecule is CN(CCCNC(=O)c1ccc2c(c1)N(Cc1ccc(F)cc1)C(=O)C(=Cc1ccccc1)S2)C1CCCCC1. The number of hydrogen-bond donors (Lipinski definition) is 1. The molecule has 0 saturated heterocycles. The number of anilines is 1. The lowest BCUT2D eigenvalue weighted by Crippen LogP contribution is -2.36. The van der Waals surface area contributed by atoms with Gasteiger partial charge in [-0.25, -0.2) is 4.39 Å². The zero-order valence-corrected chi connectivity index (χ0v) is 23.8. The van der Waals surface area contributed by atoms with E-state index in [9.17, 15) is 14.0 Å². The minimum Gasteiger partial charge on any atom is -0.352 e. The predicted molar refractivity (Wildman–Crippen MR) is 161 cm³/mol. The van der Waals surface area contributed by atoms with Gasteiger partial charge in [-0.3, -0.25) is 9.59 Å². The van der Waals surface area contributed by atoms with Crippen LogP contribution >= 0.6 is 11.8 Å². The monoisotopic (exact) mass is 557 g/mol. The van der Waals surface area contributed by atoms with Crippen molar-refractivity contribution in [3.05, 3.63) is 100 Å². The van der Waals surface area contributed by atoms with Crippen LogP contribution in [0.5, 0.6) is 0 Å². The molecule has 1 N–H and O–H groups in total. The number of hydrogen-bond acceptors (Lipinski definition) is 4. The van der Waals surface area contributed by atoms with Crippen LogP contribution in [0, 0.1) is 5.82 Å². The van der Waals surface area contributed by atoms with E-state index in [4.69, 9.17) is 0 Å². The quantitative estimate of drug-likeness (QED) is 0.230. The van der Waals surface area contributed by atoms with E-state index >= 15 is 0 Å². The third-order valence-electron chi connectivity index (χ3n) is 7.71. The highest BCUT2D eigenvalue weighted by Crippen LogP contribution is 2.43. The first-order valence-corrected chi connectivity index (χ1v) is 14.9. The number of carbonyl (C=O) groups excluding carboxylic acids is 2. The lowest BCUT2D eigenvalue weighted by Gasteiger charge is -2.31. The van der Waals surface area contributed by atoms with Crippen molar-refractivity contribution in [1.82, 2.24) is 10.2 Å². The van der Waals surface area contributed by atoms with Crippen LogP contribution in [0.1, 0.15) is 60.0 Å². The van der Waals surface area contributed by atoms with Crippen molar-refractivity contribution in [2.45, 2.75) is 56.0 Å². The van der Waals surface area contributed by atoms with E-state index in [0.717, 1.165) is 29.0 Å². The number of thioether (sulfide) groups is 1. The van der Waals surface area contributed by atoms with E-state index in [0.29, 0.717) is 28.7 Å². The fraction of sp³-hybridized carbons (Fsp3) is 0.333. The van der Waals surface area contributed by atoms with Crippen LogP contribution in [0.4, 0.5) is 10.1 Å². The largest absolute Gasteiger partial charge is 0.352 e. The molecule has 0 radical (unpaired) electrons. The average molecular weight is 558 g/mol. The molecule has 1 aliphatic carbocycles. The normalized spacial score (nSPS) is 16.8. The number of nitrogens with one attached hydrogen (secondary N) is 1. The lowest BCUT2D eigenvalue weighted by molar-refractivity contribution is -0.114. The van der Waals surface area contributed by atoms with Crippen LogP contribution in [0.3, 0.4) is 0 Å². The lowest BCUT2D eigenvalue weighted by atomic mass is 9.94. The number of fused-ring (bicyclic) bond motifs is 1. The van der Waals surface area contributed by atoms with Crippen molar-refractivity contribution >= 4 is 35.3 Å². The van der Waals surface area contributed by atoms with Gasteiger partial charge in [0.15, 0.2) is 0 Å². The molecule has 0 bridgehead atoms. The van der Waals surface area contributed by atoms with Crippen molar-refractivity contribution < 1.29 is 14.0 Å². The molecule has 1 aliphatic heterocycles. The Morgan fingerprint density at radius 2 is 1.80 bits per heavy atom.